The van der Waals surface area contributed by atoms with E-state index in [1.807, 2.05) is 0 Å². The molecule has 0 rings (SSSR count). The molecule has 0 aromatic carbocycles. The van der Waals surface area contributed by atoms with Crippen LogP contribution in [0.4, 0.5) is 0 Å². The normalized spacial score (nSPS) is 15.0. The van der Waals surface area contributed by atoms with Crippen LogP contribution in [0.5, 0.6) is 0 Å². The Kier molecular flexibility index (Phi) is 5.57. The fraction of sp³-hybridized carbons (Fsp3) is 1.00. The molecule has 1 N–H and O–H groups in total. The third kappa shape index (κ3) is 6.05. The minimum Gasteiger partial charge on any atom is -0.381 e. The fourth-order valence-electron chi connectivity index (χ4n) is 1.80. The van der Waals surface area contributed by atoms with Gasteiger partial charge < -0.3 is 10.1 Å². The third-order valence-corrected chi connectivity index (χ3v) is 2.21. The van der Waals surface area contributed by atoms with E-state index in [1.54, 1.807) is 7.11 Å². The van der Waals surface area contributed by atoms with Crippen LogP contribution in [0.15, 0.2) is 0 Å². The summed E-state index contributed by atoms with van der Waals surface area (Å²) < 4.78 is 5.38. The Morgan fingerprint density at radius 1 is 1.31 bits per heavy atom. The van der Waals surface area contributed by atoms with Crippen LogP contribution < -0.4 is 5.32 Å². The third-order valence-electron chi connectivity index (χ3n) is 2.21. The van der Waals surface area contributed by atoms with Gasteiger partial charge in [-0.25, -0.2) is 0 Å². The summed E-state index contributed by atoms with van der Waals surface area (Å²) in [6.07, 6.45) is 2.53. The highest BCUT2D eigenvalue weighted by Gasteiger charge is 2.22. The van der Waals surface area contributed by atoms with Crippen molar-refractivity contribution >= 4 is 0 Å². The van der Waals surface area contributed by atoms with Crippen LogP contribution in [0.3, 0.4) is 0 Å². The predicted molar refractivity (Wildman–Crippen MR) is 58.1 cm³/mol. The van der Waals surface area contributed by atoms with Gasteiger partial charge in [0, 0.05) is 18.7 Å². The molecule has 0 heterocycles. The van der Waals surface area contributed by atoms with Gasteiger partial charge in [0.2, 0.25) is 0 Å². The zero-order valence-electron chi connectivity index (χ0n) is 9.98. The summed E-state index contributed by atoms with van der Waals surface area (Å²) in [5.41, 5.74) is 0.171. The minimum absolute atomic E-state index is 0.171. The summed E-state index contributed by atoms with van der Waals surface area (Å²) >= 11 is 0. The van der Waals surface area contributed by atoms with Crippen LogP contribution in [0.2, 0.25) is 0 Å². The van der Waals surface area contributed by atoms with Gasteiger partial charge in [-0.05, 0) is 26.7 Å². The molecule has 0 aromatic rings. The molecule has 2 heteroatoms. The van der Waals surface area contributed by atoms with Gasteiger partial charge in [0.15, 0.2) is 0 Å². The fourth-order valence-corrected chi connectivity index (χ4v) is 1.80. The molecule has 80 valence electrons. The molecule has 0 radical (unpaired) electrons. The molecule has 1 atom stereocenters. The standard InChI is InChI=1S/C11H25NO/c1-7-10(13-6)8-11(4,5)12-9(2)3/h9-10,12H,7-8H2,1-6H3. The van der Waals surface area contributed by atoms with E-state index in [4.69, 9.17) is 4.74 Å². The van der Waals surface area contributed by atoms with Gasteiger partial charge in [-0.2, -0.15) is 0 Å². The average molecular weight is 187 g/mol. The molecule has 1 unspecified atom stereocenters. The monoisotopic (exact) mass is 187 g/mol. The summed E-state index contributed by atoms with van der Waals surface area (Å²) in [4.78, 5) is 0. The van der Waals surface area contributed by atoms with Crippen LogP contribution in [0.1, 0.15) is 47.5 Å². The van der Waals surface area contributed by atoms with E-state index in [0.29, 0.717) is 12.1 Å². The van der Waals surface area contributed by atoms with Gasteiger partial charge in [0.1, 0.15) is 0 Å². The van der Waals surface area contributed by atoms with Crippen molar-refractivity contribution in [2.75, 3.05) is 7.11 Å². The average Bonchev–Trinajstić information content (AvgIpc) is 1.97. The topological polar surface area (TPSA) is 21.3 Å². The molecular formula is C11H25NO. The maximum atomic E-state index is 5.38. The Labute approximate surface area is 83.1 Å². The highest BCUT2D eigenvalue weighted by molar-refractivity contribution is 4.82. The second-order valence-electron chi connectivity index (χ2n) is 4.65. The van der Waals surface area contributed by atoms with Crippen LogP contribution in [-0.4, -0.2) is 24.8 Å². The maximum absolute atomic E-state index is 5.38. The van der Waals surface area contributed by atoms with Gasteiger partial charge in [0.25, 0.3) is 0 Å². The Morgan fingerprint density at radius 3 is 2.15 bits per heavy atom. The Morgan fingerprint density at radius 2 is 1.85 bits per heavy atom. The molecular weight excluding hydrogens is 162 g/mol. The van der Waals surface area contributed by atoms with Crippen molar-refractivity contribution in [2.45, 2.75) is 65.1 Å². The highest BCUT2D eigenvalue weighted by Crippen LogP contribution is 2.16. The van der Waals surface area contributed by atoms with Crippen LogP contribution >= 0.6 is 0 Å². The molecule has 0 bridgehead atoms. The Bertz CT molecular complexity index is 128. The number of hydrogen-bond donors (Lipinski definition) is 1. The lowest BCUT2D eigenvalue weighted by Gasteiger charge is -2.32. The van der Waals surface area contributed by atoms with Gasteiger partial charge in [-0.15, -0.1) is 0 Å². The van der Waals surface area contributed by atoms with E-state index in [9.17, 15) is 0 Å². The summed E-state index contributed by atoms with van der Waals surface area (Å²) in [5, 5.41) is 3.54. The molecule has 0 spiro atoms. The number of hydrogen-bond acceptors (Lipinski definition) is 2. The smallest absolute Gasteiger partial charge is 0.0586 e. The molecule has 0 saturated carbocycles. The lowest BCUT2D eigenvalue weighted by molar-refractivity contribution is 0.0678. The van der Waals surface area contributed by atoms with Gasteiger partial charge in [-0.3, -0.25) is 0 Å². The lowest BCUT2D eigenvalue weighted by Crippen LogP contribution is -2.45. The van der Waals surface area contributed by atoms with Crippen molar-refractivity contribution < 1.29 is 4.74 Å². The van der Waals surface area contributed by atoms with Gasteiger partial charge in [-0.1, -0.05) is 20.8 Å². The first kappa shape index (κ1) is 12.9. The molecule has 0 aliphatic rings. The van der Waals surface area contributed by atoms with E-state index in [-0.39, 0.29) is 5.54 Å². The largest absolute Gasteiger partial charge is 0.381 e. The van der Waals surface area contributed by atoms with E-state index in [2.05, 4.69) is 39.9 Å². The maximum Gasteiger partial charge on any atom is 0.0586 e. The second kappa shape index (κ2) is 5.61. The summed E-state index contributed by atoms with van der Waals surface area (Å²) in [7, 11) is 1.79. The second-order valence-corrected chi connectivity index (χ2v) is 4.65. The summed E-state index contributed by atoms with van der Waals surface area (Å²) in [5.74, 6) is 0. The van der Waals surface area contributed by atoms with Crippen molar-refractivity contribution in [1.82, 2.24) is 5.32 Å². The highest BCUT2D eigenvalue weighted by atomic mass is 16.5. The van der Waals surface area contributed by atoms with E-state index in [0.717, 1.165) is 12.8 Å². The lowest BCUT2D eigenvalue weighted by atomic mass is 9.94. The van der Waals surface area contributed by atoms with Crippen molar-refractivity contribution in [3.8, 4) is 0 Å². The minimum atomic E-state index is 0.171. The molecule has 0 aromatic heterocycles. The molecule has 0 saturated heterocycles. The van der Waals surface area contributed by atoms with Crippen LogP contribution in [-0.2, 0) is 4.74 Å². The van der Waals surface area contributed by atoms with Crippen LogP contribution in [0.25, 0.3) is 0 Å². The SMILES string of the molecule is CCC(CC(C)(C)NC(C)C)OC. The molecule has 2 nitrogen and oxygen atoms in total. The zero-order chi connectivity index (χ0) is 10.5. The predicted octanol–water partition coefficient (Wildman–Crippen LogP) is 2.58. The van der Waals surface area contributed by atoms with Crippen molar-refractivity contribution in [2.24, 2.45) is 0 Å². The van der Waals surface area contributed by atoms with E-state index < -0.39 is 0 Å². The van der Waals surface area contributed by atoms with E-state index >= 15 is 0 Å². The first-order chi connectivity index (χ1) is 5.91. The molecule has 0 fully saturated rings. The molecule has 0 amide bonds. The van der Waals surface area contributed by atoms with Gasteiger partial charge >= 0.3 is 0 Å². The summed E-state index contributed by atoms with van der Waals surface area (Å²) in [6.45, 7) is 11.0. The van der Waals surface area contributed by atoms with Crippen molar-refractivity contribution in [3.05, 3.63) is 0 Å². The number of nitrogens with one attached hydrogen (secondary N) is 1. The number of rotatable bonds is 6. The summed E-state index contributed by atoms with van der Waals surface area (Å²) in [6, 6.07) is 0.532. The molecule has 0 aliphatic heterocycles. The van der Waals surface area contributed by atoms with Crippen molar-refractivity contribution in [3.63, 3.8) is 0 Å². The quantitative estimate of drug-likeness (QED) is 0.690. The Balaban J connectivity index is 3.98. The van der Waals surface area contributed by atoms with Crippen molar-refractivity contribution in [1.29, 1.82) is 0 Å². The molecule has 13 heavy (non-hydrogen) atoms. The first-order valence-corrected chi connectivity index (χ1v) is 5.21. The van der Waals surface area contributed by atoms with E-state index in [1.165, 1.54) is 0 Å². The molecule has 0 aliphatic carbocycles. The zero-order valence-corrected chi connectivity index (χ0v) is 9.98. The van der Waals surface area contributed by atoms with Gasteiger partial charge in [0.05, 0.1) is 6.10 Å². The Hall–Kier alpha value is -0.0800. The first-order valence-electron chi connectivity index (χ1n) is 5.21. The van der Waals surface area contributed by atoms with Crippen LogP contribution in [0, 0.1) is 0 Å². The number of ether oxygens (including phenoxy) is 1. The number of methoxy groups -OCH3 is 1.